The van der Waals surface area contributed by atoms with E-state index >= 15 is 0 Å². The number of ether oxygens (including phenoxy) is 2. The monoisotopic (exact) mass is 444 g/mol. The molecule has 5 nitrogen and oxygen atoms in total. The van der Waals surface area contributed by atoms with Crippen LogP contribution in [-0.4, -0.2) is 29.8 Å². The SMILES string of the molecule is CCCCCCCCOc1ccc(C(=O)O)c(-c2ccc(C(=O)O[C@H](C)CC)c(F)c2)c1. The van der Waals surface area contributed by atoms with Crippen molar-refractivity contribution in [2.45, 2.75) is 71.8 Å². The molecule has 0 fully saturated rings. The van der Waals surface area contributed by atoms with Gasteiger partial charge in [0.05, 0.1) is 23.8 Å². The van der Waals surface area contributed by atoms with Crippen molar-refractivity contribution in [3.8, 4) is 16.9 Å². The average Bonchev–Trinajstić information content (AvgIpc) is 2.77. The molecule has 2 aromatic carbocycles. The maximum atomic E-state index is 14.7. The molecule has 0 amide bonds. The third kappa shape index (κ3) is 7.36. The molecule has 0 saturated carbocycles. The van der Waals surface area contributed by atoms with E-state index in [4.69, 9.17) is 9.47 Å². The molecule has 2 aromatic rings. The summed E-state index contributed by atoms with van der Waals surface area (Å²) in [6, 6.07) is 8.68. The molecule has 0 radical (unpaired) electrons. The van der Waals surface area contributed by atoms with Crippen molar-refractivity contribution in [2.24, 2.45) is 0 Å². The molecule has 1 atom stereocenters. The number of rotatable bonds is 13. The number of aromatic carboxylic acids is 1. The largest absolute Gasteiger partial charge is 0.494 e. The Hall–Kier alpha value is -2.89. The Bertz CT molecular complexity index is 909. The Balaban J connectivity index is 2.16. The molecule has 1 N–H and O–H groups in total. The molecule has 6 heteroatoms. The topological polar surface area (TPSA) is 72.8 Å². The lowest BCUT2D eigenvalue weighted by atomic mass is 9.98. The van der Waals surface area contributed by atoms with Crippen molar-refractivity contribution < 1.29 is 28.6 Å². The van der Waals surface area contributed by atoms with E-state index in [2.05, 4.69) is 6.92 Å². The van der Waals surface area contributed by atoms with Crippen molar-refractivity contribution >= 4 is 11.9 Å². The fourth-order valence-corrected chi connectivity index (χ4v) is 3.29. The molecular weight excluding hydrogens is 411 g/mol. The molecular formula is C26H33FO5. The first-order valence-corrected chi connectivity index (χ1v) is 11.4. The summed E-state index contributed by atoms with van der Waals surface area (Å²) in [5, 5.41) is 9.56. The van der Waals surface area contributed by atoms with Crippen LogP contribution in [0.25, 0.3) is 11.1 Å². The molecule has 0 aliphatic heterocycles. The number of unbranched alkanes of at least 4 members (excludes halogenated alkanes) is 5. The molecule has 32 heavy (non-hydrogen) atoms. The fraction of sp³-hybridized carbons (Fsp3) is 0.462. The van der Waals surface area contributed by atoms with E-state index in [1.807, 2.05) is 6.92 Å². The van der Waals surface area contributed by atoms with Crippen molar-refractivity contribution in [3.63, 3.8) is 0 Å². The smallest absolute Gasteiger partial charge is 0.341 e. The van der Waals surface area contributed by atoms with Gasteiger partial charge in [-0.25, -0.2) is 14.0 Å². The number of esters is 1. The maximum Gasteiger partial charge on any atom is 0.341 e. The Morgan fingerprint density at radius 3 is 2.31 bits per heavy atom. The summed E-state index contributed by atoms with van der Waals surface area (Å²) in [4.78, 5) is 23.9. The predicted molar refractivity (Wildman–Crippen MR) is 123 cm³/mol. The van der Waals surface area contributed by atoms with Gasteiger partial charge in [0.1, 0.15) is 11.6 Å². The number of carbonyl (C=O) groups is 2. The van der Waals surface area contributed by atoms with Crippen LogP contribution in [0.2, 0.25) is 0 Å². The zero-order valence-corrected chi connectivity index (χ0v) is 19.2. The Labute approximate surface area is 189 Å². The van der Waals surface area contributed by atoms with Crippen molar-refractivity contribution in [3.05, 3.63) is 53.3 Å². The number of carboxylic acid groups (broad SMARTS) is 1. The summed E-state index contributed by atoms with van der Waals surface area (Å²) >= 11 is 0. The van der Waals surface area contributed by atoms with Gasteiger partial charge >= 0.3 is 11.9 Å². The summed E-state index contributed by atoms with van der Waals surface area (Å²) in [7, 11) is 0. The molecule has 0 bridgehead atoms. The Kier molecular flexibility index (Phi) is 10.2. The van der Waals surface area contributed by atoms with Crippen molar-refractivity contribution in [1.82, 2.24) is 0 Å². The van der Waals surface area contributed by atoms with Crippen LogP contribution in [-0.2, 0) is 4.74 Å². The van der Waals surface area contributed by atoms with Crippen LogP contribution in [0.4, 0.5) is 4.39 Å². The van der Waals surface area contributed by atoms with Crippen LogP contribution in [0.15, 0.2) is 36.4 Å². The van der Waals surface area contributed by atoms with E-state index in [-0.39, 0.29) is 17.2 Å². The lowest BCUT2D eigenvalue weighted by Gasteiger charge is -2.13. The van der Waals surface area contributed by atoms with Crippen LogP contribution in [0.1, 0.15) is 86.4 Å². The van der Waals surface area contributed by atoms with Crippen LogP contribution in [0.5, 0.6) is 5.75 Å². The average molecular weight is 445 g/mol. The van der Waals surface area contributed by atoms with Gasteiger partial charge in [0.2, 0.25) is 0 Å². The molecule has 0 aromatic heterocycles. The summed E-state index contributed by atoms with van der Waals surface area (Å²) < 4.78 is 25.7. The van der Waals surface area contributed by atoms with E-state index in [0.717, 1.165) is 18.9 Å². The van der Waals surface area contributed by atoms with E-state index in [0.29, 0.717) is 29.9 Å². The standard InChI is InChI=1S/C26H33FO5/c1-4-6-7-8-9-10-15-31-20-12-14-21(25(28)29)23(17-20)19-11-13-22(24(27)16-19)26(30)32-18(3)5-2/h11-14,16-18H,4-10,15H2,1-3H3,(H,28,29)/t18-/m1/s1. The predicted octanol–water partition coefficient (Wildman–Crippen LogP) is 6.89. The number of carboxylic acids is 1. The molecule has 0 aliphatic carbocycles. The first-order valence-electron chi connectivity index (χ1n) is 11.4. The minimum absolute atomic E-state index is 0.0336. The molecule has 0 aliphatic rings. The van der Waals surface area contributed by atoms with E-state index in [1.54, 1.807) is 19.1 Å². The number of halogens is 1. The molecule has 0 heterocycles. The molecule has 0 spiro atoms. The highest BCUT2D eigenvalue weighted by molar-refractivity contribution is 5.97. The van der Waals surface area contributed by atoms with E-state index in [9.17, 15) is 19.1 Å². The van der Waals surface area contributed by atoms with Crippen LogP contribution < -0.4 is 4.74 Å². The summed E-state index contributed by atoms with van der Waals surface area (Å²) in [6.45, 7) is 6.32. The number of hydrogen-bond acceptors (Lipinski definition) is 4. The lowest BCUT2D eigenvalue weighted by Crippen LogP contribution is -2.15. The highest BCUT2D eigenvalue weighted by atomic mass is 19.1. The van der Waals surface area contributed by atoms with Gasteiger partial charge in [-0.15, -0.1) is 0 Å². The Morgan fingerprint density at radius 2 is 1.66 bits per heavy atom. The molecule has 0 unspecified atom stereocenters. The van der Waals surface area contributed by atoms with Gasteiger partial charge in [-0.1, -0.05) is 52.0 Å². The summed E-state index contributed by atoms with van der Waals surface area (Å²) in [5.74, 6) is -2.09. The van der Waals surface area contributed by atoms with Gasteiger partial charge in [0, 0.05) is 0 Å². The van der Waals surface area contributed by atoms with E-state index in [1.165, 1.54) is 43.9 Å². The van der Waals surface area contributed by atoms with Gasteiger partial charge < -0.3 is 14.6 Å². The van der Waals surface area contributed by atoms with Crippen LogP contribution in [0, 0.1) is 5.82 Å². The summed E-state index contributed by atoms with van der Waals surface area (Å²) in [6.07, 6.45) is 7.15. The zero-order chi connectivity index (χ0) is 23.5. The first kappa shape index (κ1) is 25.4. The quantitative estimate of drug-likeness (QED) is 0.269. The van der Waals surface area contributed by atoms with Gasteiger partial charge in [-0.2, -0.15) is 0 Å². The normalized spacial score (nSPS) is 11.8. The van der Waals surface area contributed by atoms with Gasteiger partial charge in [-0.3, -0.25) is 0 Å². The van der Waals surface area contributed by atoms with Crippen LogP contribution in [0.3, 0.4) is 0 Å². The first-order chi connectivity index (χ1) is 15.4. The van der Waals surface area contributed by atoms with Crippen molar-refractivity contribution in [2.75, 3.05) is 6.61 Å². The minimum Gasteiger partial charge on any atom is -0.494 e. The van der Waals surface area contributed by atoms with Gasteiger partial charge in [0.15, 0.2) is 0 Å². The van der Waals surface area contributed by atoms with Crippen LogP contribution >= 0.6 is 0 Å². The van der Waals surface area contributed by atoms with Crippen molar-refractivity contribution in [1.29, 1.82) is 0 Å². The minimum atomic E-state index is -1.12. The fourth-order valence-electron chi connectivity index (χ4n) is 3.29. The Morgan fingerprint density at radius 1 is 0.969 bits per heavy atom. The van der Waals surface area contributed by atoms with Gasteiger partial charge in [0.25, 0.3) is 0 Å². The molecule has 174 valence electrons. The maximum absolute atomic E-state index is 14.7. The second-order valence-electron chi connectivity index (χ2n) is 7.95. The highest BCUT2D eigenvalue weighted by Crippen LogP contribution is 2.30. The third-order valence-electron chi connectivity index (χ3n) is 5.37. The number of hydrogen-bond donors (Lipinski definition) is 1. The van der Waals surface area contributed by atoms with E-state index < -0.39 is 17.8 Å². The second kappa shape index (κ2) is 12.8. The lowest BCUT2D eigenvalue weighted by molar-refractivity contribution is 0.0329. The third-order valence-corrected chi connectivity index (χ3v) is 5.37. The second-order valence-corrected chi connectivity index (χ2v) is 7.95. The van der Waals surface area contributed by atoms with Gasteiger partial charge in [-0.05, 0) is 61.2 Å². The summed E-state index contributed by atoms with van der Waals surface area (Å²) in [5.41, 5.74) is 0.538. The molecule has 0 saturated heterocycles. The highest BCUT2D eigenvalue weighted by Gasteiger charge is 2.19. The number of benzene rings is 2. The molecule has 2 rings (SSSR count). The zero-order valence-electron chi connectivity index (χ0n) is 19.2. The number of carbonyl (C=O) groups excluding carboxylic acids is 1.